The van der Waals surface area contributed by atoms with Gasteiger partial charge in [0.2, 0.25) is 0 Å². The number of aliphatic hydroxyl groups is 1. The molecule has 0 bridgehead atoms. The van der Waals surface area contributed by atoms with E-state index in [1.807, 2.05) is 12.1 Å². The van der Waals surface area contributed by atoms with Crippen molar-refractivity contribution in [2.75, 3.05) is 13.6 Å². The summed E-state index contributed by atoms with van der Waals surface area (Å²) in [6.45, 7) is 0.283. The van der Waals surface area contributed by atoms with E-state index in [2.05, 4.69) is 0 Å². The van der Waals surface area contributed by atoms with Crippen molar-refractivity contribution in [2.24, 2.45) is 0 Å². The molecule has 0 saturated carbocycles. The second-order valence-electron chi connectivity index (χ2n) is 3.56. The first-order chi connectivity index (χ1) is 7.11. The van der Waals surface area contributed by atoms with Crippen molar-refractivity contribution >= 4 is 0 Å². The van der Waals surface area contributed by atoms with Gasteiger partial charge in [-0.1, -0.05) is 24.3 Å². The van der Waals surface area contributed by atoms with Gasteiger partial charge in [-0.3, -0.25) is 4.90 Å². The first kappa shape index (κ1) is 12.1. The minimum atomic E-state index is -2.30. The highest BCUT2D eigenvalue weighted by atomic mass is 19.3. The highest BCUT2D eigenvalue weighted by Gasteiger charge is 2.07. The summed E-state index contributed by atoms with van der Waals surface area (Å²) in [5, 5.41) is 8.82. The van der Waals surface area contributed by atoms with Crippen LogP contribution in [0.4, 0.5) is 8.78 Å². The first-order valence-corrected chi connectivity index (χ1v) is 4.77. The fourth-order valence-corrected chi connectivity index (χ4v) is 1.36. The maximum Gasteiger partial charge on any atom is 0.251 e. The van der Waals surface area contributed by atoms with Gasteiger partial charge in [0, 0.05) is 6.54 Å². The Labute approximate surface area is 88.1 Å². The van der Waals surface area contributed by atoms with Gasteiger partial charge >= 0.3 is 0 Å². The highest BCUT2D eigenvalue weighted by molar-refractivity contribution is 5.21. The molecule has 1 aromatic rings. The number of aliphatic hydroxyl groups excluding tert-OH is 1. The standard InChI is InChI=1S/C11H15F2NO/c1-14(7-11(12)13)6-9-2-4-10(8-15)5-3-9/h2-5,11,15H,6-8H2,1H3. The Morgan fingerprint density at radius 1 is 1.20 bits per heavy atom. The smallest absolute Gasteiger partial charge is 0.251 e. The molecule has 0 amide bonds. The van der Waals surface area contributed by atoms with Crippen LogP contribution in [-0.4, -0.2) is 30.0 Å². The molecular formula is C11H15F2NO. The molecule has 0 atom stereocenters. The van der Waals surface area contributed by atoms with E-state index in [4.69, 9.17) is 5.11 Å². The van der Waals surface area contributed by atoms with Gasteiger partial charge in [0.05, 0.1) is 13.2 Å². The summed E-state index contributed by atoms with van der Waals surface area (Å²) in [4.78, 5) is 1.57. The normalized spacial score (nSPS) is 11.3. The van der Waals surface area contributed by atoms with E-state index >= 15 is 0 Å². The Morgan fingerprint density at radius 3 is 2.20 bits per heavy atom. The summed E-state index contributed by atoms with van der Waals surface area (Å²) in [6, 6.07) is 7.28. The lowest BCUT2D eigenvalue weighted by molar-refractivity contribution is 0.0975. The minimum Gasteiger partial charge on any atom is -0.392 e. The third-order valence-electron chi connectivity index (χ3n) is 2.11. The Kier molecular flexibility index (Phi) is 4.65. The summed E-state index contributed by atoms with van der Waals surface area (Å²) < 4.78 is 24.1. The van der Waals surface area contributed by atoms with E-state index in [9.17, 15) is 8.78 Å². The Bertz CT molecular complexity index is 287. The van der Waals surface area contributed by atoms with Crippen LogP contribution in [0.3, 0.4) is 0 Å². The van der Waals surface area contributed by atoms with Crippen LogP contribution in [-0.2, 0) is 13.2 Å². The number of hydrogen-bond acceptors (Lipinski definition) is 2. The minimum absolute atomic E-state index is 0.00710. The first-order valence-electron chi connectivity index (χ1n) is 4.77. The average molecular weight is 215 g/mol. The van der Waals surface area contributed by atoms with Crippen LogP contribution in [0.1, 0.15) is 11.1 Å². The van der Waals surface area contributed by atoms with Crippen LogP contribution in [0, 0.1) is 0 Å². The van der Waals surface area contributed by atoms with Gasteiger partial charge < -0.3 is 5.11 Å². The summed E-state index contributed by atoms with van der Waals surface area (Å²) >= 11 is 0. The molecule has 0 fully saturated rings. The van der Waals surface area contributed by atoms with Gasteiger partial charge in [0.25, 0.3) is 6.43 Å². The molecule has 1 rings (SSSR count). The summed E-state index contributed by atoms with van der Waals surface area (Å²) in [5.74, 6) is 0. The molecular weight excluding hydrogens is 200 g/mol. The lowest BCUT2D eigenvalue weighted by atomic mass is 10.1. The van der Waals surface area contributed by atoms with Crippen molar-refractivity contribution in [3.8, 4) is 0 Å². The molecule has 0 spiro atoms. The van der Waals surface area contributed by atoms with E-state index in [-0.39, 0.29) is 13.2 Å². The van der Waals surface area contributed by atoms with E-state index in [0.29, 0.717) is 6.54 Å². The number of nitrogens with zero attached hydrogens (tertiary/aromatic N) is 1. The monoisotopic (exact) mass is 215 g/mol. The van der Waals surface area contributed by atoms with Gasteiger partial charge in [0.15, 0.2) is 0 Å². The van der Waals surface area contributed by atoms with Crippen molar-refractivity contribution in [3.63, 3.8) is 0 Å². The number of alkyl halides is 2. The van der Waals surface area contributed by atoms with E-state index in [0.717, 1.165) is 11.1 Å². The molecule has 1 aromatic carbocycles. The Morgan fingerprint density at radius 2 is 1.73 bits per heavy atom. The lowest BCUT2D eigenvalue weighted by Gasteiger charge is -2.15. The maximum atomic E-state index is 12.0. The Hall–Kier alpha value is -1.00. The van der Waals surface area contributed by atoms with Crippen LogP contribution in [0.25, 0.3) is 0 Å². The SMILES string of the molecule is CN(Cc1ccc(CO)cc1)CC(F)F. The van der Waals surface area contributed by atoms with Crippen molar-refractivity contribution in [3.05, 3.63) is 35.4 Å². The quantitative estimate of drug-likeness (QED) is 0.810. The topological polar surface area (TPSA) is 23.5 Å². The van der Waals surface area contributed by atoms with Gasteiger partial charge in [-0.05, 0) is 18.2 Å². The van der Waals surface area contributed by atoms with Gasteiger partial charge in [-0.25, -0.2) is 8.78 Å². The zero-order chi connectivity index (χ0) is 11.3. The molecule has 0 heterocycles. The second kappa shape index (κ2) is 5.78. The predicted molar refractivity (Wildman–Crippen MR) is 54.7 cm³/mol. The number of halogens is 2. The van der Waals surface area contributed by atoms with E-state index in [1.165, 1.54) is 0 Å². The summed E-state index contributed by atoms with van der Waals surface area (Å²) in [6.07, 6.45) is -2.30. The predicted octanol–water partition coefficient (Wildman–Crippen LogP) is 1.88. The molecule has 0 aromatic heterocycles. The van der Waals surface area contributed by atoms with Crippen molar-refractivity contribution in [2.45, 2.75) is 19.6 Å². The molecule has 0 aliphatic carbocycles. The zero-order valence-corrected chi connectivity index (χ0v) is 8.66. The van der Waals surface area contributed by atoms with Gasteiger partial charge in [-0.2, -0.15) is 0 Å². The highest BCUT2D eigenvalue weighted by Crippen LogP contribution is 2.07. The molecule has 0 aliphatic rings. The van der Waals surface area contributed by atoms with E-state index in [1.54, 1.807) is 24.1 Å². The fourth-order valence-electron chi connectivity index (χ4n) is 1.36. The maximum absolute atomic E-state index is 12.0. The molecule has 0 saturated heterocycles. The second-order valence-corrected chi connectivity index (χ2v) is 3.56. The molecule has 0 radical (unpaired) electrons. The number of hydrogen-bond donors (Lipinski definition) is 1. The fraction of sp³-hybridized carbons (Fsp3) is 0.455. The molecule has 0 unspecified atom stereocenters. The third-order valence-corrected chi connectivity index (χ3v) is 2.11. The van der Waals surface area contributed by atoms with Gasteiger partial charge in [-0.15, -0.1) is 0 Å². The van der Waals surface area contributed by atoms with Crippen molar-refractivity contribution in [1.29, 1.82) is 0 Å². The van der Waals surface area contributed by atoms with Crippen LogP contribution < -0.4 is 0 Å². The molecule has 84 valence electrons. The van der Waals surface area contributed by atoms with Crippen LogP contribution in [0.5, 0.6) is 0 Å². The average Bonchev–Trinajstić information content (AvgIpc) is 2.17. The Balaban J connectivity index is 2.49. The van der Waals surface area contributed by atoms with Crippen LogP contribution in [0.15, 0.2) is 24.3 Å². The number of rotatable bonds is 5. The molecule has 4 heteroatoms. The summed E-state index contributed by atoms with van der Waals surface area (Å²) in [5.41, 5.74) is 1.80. The molecule has 0 aliphatic heterocycles. The van der Waals surface area contributed by atoms with Crippen molar-refractivity contribution in [1.82, 2.24) is 4.90 Å². The molecule has 15 heavy (non-hydrogen) atoms. The zero-order valence-electron chi connectivity index (χ0n) is 8.66. The van der Waals surface area contributed by atoms with E-state index < -0.39 is 6.43 Å². The largest absolute Gasteiger partial charge is 0.392 e. The lowest BCUT2D eigenvalue weighted by Crippen LogP contribution is -2.24. The summed E-state index contributed by atoms with van der Waals surface area (Å²) in [7, 11) is 1.66. The van der Waals surface area contributed by atoms with Crippen molar-refractivity contribution < 1.29 is 13.9 Å². The molecule has 1 N–H and O–H groups in total. The third kappa shape index (κ3) is 4.36. The number of benzene rings is 1. The van der Waals surface area contributed by atoms with Gasteiger partial charge in [0.1, 0.15) is 0 Å². The van der Waals surface area contributed by atoms with Crippen LogP contribution >= 0.6 is 0 Å². The van der Waals surface area contributed by atoms with Crippen LogP contribution in [0.2, 0.25) is 0 Å². The molecule has 2 nitrogen and oxygen atoms in total.